The quantitative estimate of drug-likeness (QED) is 0.324. The molecule has 0 N–H and O–H groups in total. The first-order valence-electron chi connectivity index (χ1n) is 0.974. The second kappa shape index (κ2) is 8.95. The Labute approximate surface area is 47.3 Å². The van der Waals surface area contributed by atoms with Crippen molar-refractivity contribution < 1.29 is 0 Å². The number of rotatable bonds is 0. The van der Waals surface area contributed by atoms with Crippen molar-refractivity contribution >= 4 is 34.8 Å². The molecule has 2 heteroatoms. The van der Waals surface area contributed by atoms with Crippen LogP contribution in [-0.4, -0.2) is 24.2 Å². The molecular weight excluding hydrogens is 111 g/mol. The van der Waals surface area contributed by atoms with Gasteiger partial charge in [-0.3, -0.25) is 0 Å². The Morgan fingerprint density at radius 1 is 1.75 bits per heavy atom. The van der Waals surface area contributed by atoms with Crippen LogP contribution in [0, 0.1) is 0 Å². The molecule has 0 aliphatic carbocycles. The zero-order valence-electron chi connectivity index (χ0n) is 2.09. The summed E-state index contributed by atoms with van der Waals surface area (Å²) < 4.78 is 0. The van der Waals surface area contributed by atoms with E-state index in [1.165, 1.54) is 0 Å². The Hall–Kier alpha value is 1.08. The summed E-state index contributed by atoms with van der Waals surface area (Å²) in [6, 6.07) is 0. The molecule has 0 amide bonds. The zero-order valence-corrected chi connectivity index (χ0v) is 3.67. The molecule has 0 fully saturated rings. The first-order chi connectivity index (χ1) is 1.41. The molecule has 0 aromatic heterocycles. The summed E-state index contributed by atoms with van der Waals surface area (Å²) in [5.41, 5.74) is 0. The molecule has 0 aromatic rings. The molecule has 0 bridgehead atoms. The van der Waals surface area contributed by atoms with Gasteiger partial charge in [-0.15, -0.1) is 0 Å². The number of hydrogen-bond acceptors (Lipinski definition) is 0. The van der Waals surface area contributed by atoms with E-state index in [0.717, 1.165) is 5.33 Å². The van der Waals surface area contributed by atoms with E-state index in [1.54, 1.807) is 0 Å². The van der Waals surface area contributed by atoms with Gasteiger partial charge in [-0.2, -0.15) is 0 Å². The van der Waals surface area contributed by atoms with Crippen molar-refractivity contribution in [3.63, 3.8) is 0 Å². The van der Waals surface area contributed by atoms with Gasteiger partial charge in [-0.25, -0.2) is 0 Å². The zero-order chi connectivity index (χ0) is 2.71. The van der Waals surface area contributed by atoms with E-state index in [2.05, 4.69) is 15.9 Å². The molecule has 0 radical (unpaired) electrons. The van der Waals surface area contributed by atoms with E-state index in [-0.39, 0.29) is 18.9 Å². The number of halogens is 1. The van der Waals surface area contributed by atoms with Gasteiger partial charge in [-0.1, -0.05) is 22.9 Å². The molecule has 4 heavy (non-hydrogen) atoms. The Bertz CT molecular complexity index is 6.00. The Kier molecular flexibility index (Phi) is 19.9. The molecule has 0 saturated heterocycles. The summed E-state index contributed by atoms with van der Waals surface area (Å²) >= 11 is 3.15. The normalized spacial score (nSPS) is 4.50. The minimum atomic E-state index is 0. The monoisotopic (exact) mass is 116 g/mol. The van der Waals surface area contributed by atoms with Crippen LogP contribution in [0.25, 0.3) is 0 Å². The van der Waals surface area contributed by atoms with Gasteiger partial charge in [0.2, 0.25) is 0 Å². The number of alkyl halides is 1. The Morgan fingerprint density at radius 3 is 1.75 bits per heavy atom. The van der Waals surface area contributed by atoms with E-state index in [9.17, 15) is 0 Å². The summed E-state index contributed by atoms with van der Waals surface area (Å²) in [6.07, 6.45) is 0. The predicted molar refractivity (Wildman–Crippen MR) is 26.6 cm³/mol. The first-order valence-corrected chi connectivity index (χ1v) is 2.10. The average Bonchev–Trinajstić information content (AvgIpc) is 0.918. The van der Waals surface area contributed by atoms with Crippen LogP contribution in [0.15, 0.2) is 0 Å². The topological polar surface area (TPSA) is 0 Å². The second-order valence-corrected chi connectivity index (χ2v) is 1.39. The van der Waals surface area contributed by atoms with Crippen LogP contribution in [-0.2, 0) is 0 Å². The van der Waals surface area contributed by atoms with Crippen molar-refractivity contribution in [2.45, 2.75) is 6.92 Å². The maximum atomic E-state index is 3.15. The molecule has 0 unspecified atom stereocenters. The van der Waals surface area contributed by atoms with Crippen molar-refractivity contribution in [3.05, 3.63) is 0 Å². The third-order valence-electron chi connectivity index (χ3n) is 0. The third-order valence-corrected chi connectivity index (χ3v) is 0. The van der Waals surface area contributed by atoms with Gasteiger partial charge in [0.25, 0.3) is 0 Å². The van der Waals surface area contributed by atoms with Crippen molar-refractivity contribution in [1.82, 2.24) is 0 Å². The molecule has 0 aliphatic heterocycles. The molecule has 0 nitrogen and oxygen atoms in total. The molecule has 0 spiro atoms. The van der Waals surface area contributed by atoms with Crippen molar-refractivity contribution in [2.75, 3.05) is 5.33 Å². The van der Waals surface area contributed by atoms with E-state index >= 15 is 0 Å². The molecule has 0 aromatic carbocycles. The fourth-order valence-corrected chi connectivity index (χ4v) is 0. The van der Waals surface area contributed by atoms with Crippen LogP contribution in [0.1, 0.15) is 6.92 Å². The van der Waals surface area contributed by atoms with Gasteiger partial charge in [-0.05, 0) is 0 Å². The summed E-state index contributed by atoms with van der Waals surface area (Å²) in [4.78, 5) is 0. The fraction of sp³-hybridized carbons (Fsp3) is 1.00. The van der Waals surface area contributed by atoms with Gasteiger partial charge in [0, 0.05) is 5.33 Å². The van der Waals surface area contributed by atoms with Gasteiger partial charge >= 0.3 is 18.9 Å². The summed E-state index contributed by atoms with van der Waals surface area (Å²) in [6.45, 7) is 2.04. The van der Waals surface area contributed by atoms with Crippen LogP contribution >= 0.6 is 15.9 Å². The Morgan fingerprint density at radius 2 is 1.75 bits per heavy atom. The molecule has 0 heterocycles. The number of hydrogen-bond donors (Lipinski definition) is 0. The SMILES string of the molecule is CCBr.[LiH]. The van der Waals surface area contributed by atoms with E-state index in [1.807, 2.05) is 6.92 Å². The maximum absolute atomic E-state index is 3.15. The van der Waals surface area contributed by atoms with Gasteiger partial charge in [0.05, 0.1) is 0 Å². The Balaban J connectivity index is 0. The summed E-state index contributed by atoms with van der Waals surface area (Å²) in [5, 5.41) is 1.06. The van der Waals surface area contributed by atoms with Gasteiger partial charge in [0.15, 0.2) is 0 Å². The van der Waals surface area contributed by atoms with Crippen molar-refractivity contribution in [3.8, 4) is 0 Å². The molecule has 0 saturated carbocycles. The van der Waals surface area contributed by atoms with Crippen LogP contribution in [0.2, 0.25) is 0 Å². The molecule has 0 rings (SSSR count). The van der Waals surface area contributed by atoms with Crippen LogP contribution < -0.4 is 0 Å². The fourth-order valence-electron chi connectivity index (χ4n) is 0. The van der Waals surface area contributed by atoms with Crippen LogP contribution in [0.5, 0.6) is 0 Å². The third kappa shape index (κ3) is 11.4. The average molecular weight is 117 g/mol. The molecule has 0 aliphatic rings. The molecule has 22 valence electrons. The van der Waals surface area contributed by atoms with E-state index in [4.69, 9.17) is 0 Å². The summed E-state index contributed by atoms with van der Waals surface area (Å²) in [5.74, 6) is 0. The standard InChI is InChI=1S/C2H5Br.Li.H/c1-2-3;;/h2H2,1H3;;. The van der Waals surface area contributed by atoms with Crippen molar-refractivity contribution in [1.29, 1.82) is 0 Å². The van der Waals surface area contributed by atoms with Crippen LogP contribution in [0.3, 0.4) is 0 Å². The van der Waals surface area contributed by atoms with Crippen LogP contribution in [0.4, 0.5) is 0 Å². The first kappa shape index (κ1) is 8.91. The van der Waals surface area contributed by atoms with Crippen molar-refractivity contribution in [2.24, 2.45) is 0 Å². The molecule has 0 atom stereocenters. The van der Waals surface area contributed by atoms with Gasteiger partial charge in [0.1, 0.15) is 0 Å². The van der Waals surface area contributed by atoms with E-state index < -0.39 is 0 Å². The second-order valence-electron chi connectivity index (χ2n) is 0.267. The van der Waals surface area contributed by atoms with Gasteiger partial charge < -0.3 is 0 Å². The van der Waals surface area contributed by atoms with E-state index in [0.29, 0.717) is 0 Å². The summed E-state index contributed by atoms with van der Waals surface area (Å²) in [7, 11) is 0. The molecular formula is C2H6BrLi. The minimum absolute atomic E-state index is 0. The predicted octanol–water partition coefficient (Wildman–Crippen LogP) is 0.753.